The summed E-state index contributed by atoms with van der Waals surface area (Å²) < 4.78 is 68.4. The van der Waals surface area contributed by atoms with E-state index in [0.717, 1.165) is 108 Å². The Morgan fingerprint density at radius 1 is 0.297 bits per heavy atom. The average molecular weight is 1340 g/mol. The van der Waals surface area contributed by atoms with Crippen LogP contribution >= 0.6 is 15.6 Å². The van der Waals surface area contributed by atoms with Crippen LogP contribution in [0.2, 0.25) is 0 Å². The number of carbonyl (C=O) groups is 4. The van der Waals surface area contributed by atoms with E-state index in [9.17, 15) is 43.2 Å². The van der Waals surface area contributed by atoms with Gasteiger partial charge in [0.15, 0.2) is 12.2 Å². The lowest BCUT2D eigenvalue weighted by molar-refractivity contribution is -0.161. The van der Waals surface area contributed by atoms with Gasteiger partial charge in [0.2, 0.25) is 0 Å². The minimum Gasteiger partial charge on any atom is -0.462 e. The van der Waals surface area contributed by atoms with Gasteiger partial charge in [0, 0.05) is 25.7 Å². The molecular weight excluding hydrogens is 1200 g/mol. The first-order valence-electron chi connectivity index (χ1n) is 37.3. The van der Waals surface area contributed by atoms with E-state index < -0.39 is 97.5 Å². The van der Waals surface area contributed by atoms with Crippen molar-refractivity contribution in [2.24, 2.45) is 17.8 Å². The predicted molar refractivity (Wildman–Crippen MR) is 368 cm³/mol. The quantitative estimate of drug-likeness (QED) is 0.0222. The van der Waals surface area contributed by atoms with E-state index in [2.05, 4.69) is 48.5 Å². The smallest absolute Gasteiger partial charge is 0.462 e. The van der Waals surface area contributed by atoms with Gasteiger partial charge in [-0.05, 0) is 43.4 Å². The Morgan fingerprint density at radius 2 is 0.505 bits per heavy atom. The molecule has 0 heterocycles. The molecule has 0 fully saturated rings. The summed E-state index contributed by atoms with van der Waals surface area (Å²) in [5, 5.41) is 10.6. The van der Waals surface area contributed by atoms with E-state index in [1.165, 1.54) is 167 Å². The van der Waals surface area contributed by atoms with Crippen molar-refractivity contribution in [3.63, 3.8) is 0 Å². The molecule has 0 aromatic carbocycles. The maximum absolute atomic E-state index is 13.0. The SMILES string of the molecule is CCCCCCCCCCCCCCCCC(=O)OC[C@H](COP(=O)(O)OC[C@@H](O)COP(=O)(O)OC[C@@H](COC(=O)CCCCCCCCC(C)C)OC(=O)CCCCCCCCCCCCC(C)C)OC(=O)CCCCCCCCCCCCCCC(C)C. The number of phosphoric ester groups is 2. The van der Waals surface area contributed by atoms with E-state index in [0.29, 0.717) is 31.6 Å². The number of aliphatic hydroxyl groups excluding tert-OH is 1. The van der Waals surface area contributed by atoms with E-state index in [1.807, 2.05) is 0 Å². The van der Waals surface area contributed by atoms with Crippen LogP contribution in [0.4, 0.5) is 0 Å². The van der Waals surface area contributed by atoms with Crippen LogP contribution in [-0.4, -0.2) is 96.7 Å². The maximum atomic E-state index is 13.0. The first kappa shape index (κ1) is 89.1. The minimum absolute atomic E-state index is 0.105. The molecule has 0 amide bonds. The number of esters is 4. The average Bonchev–Trinajstić information content (AvgIpc) is 3.61. The van der Waals surface area contributed by atoms with Gasteiger partial charge in [-0.2, -0.15) is 0 Å². The summed E-state index contributed by atoms with van der Waals surface area (Å²) >= 11 is 0. The van der Waals surface area contributed by atoms with Gasteiger partial charge in [0.05, 0.1) is 26.4 Å². The van der Waals surface area contributed by atoms with Gasteiger partial charge in [0.1, 0.15) is 19.3 Å². The molecule has 0 aromatic heterocycles. The molecule has 2 unspecified atom stereocenters. The van der Waals surface area contributed by atoms with Crippen molar-refractivity contribution in [2.45, 2.75) is 381 Å². The predicted octanol–water partition coefficient (Wildman–Crippen LogP) is 20.6. The molecule has 0 aliphatic carbocycles. The van der Waals surface area contributed by atoms with Gasteiger partial charge in [-0.25, -0.2) is 9.13 Å². The van der Waals surface area contributed by atoms with Crippen molar-refractivity contribution in [3.8, 4) is 0 Å². The molecule has 0 radical (unpaired) electrons. The molecule has 3 N–H and O–H groups in total. The Bertz CT molecular complexity index is 1780. The zero-order chi connectivity index (χ0) is 67.3. The van der Waals surface area contributed by atoms with Gasteiger partial charge in [-0.15, -0.1) is 0 Å². The van der Waals surface area contributed by atoms with Gasteiger partial charge >= 0.3 is 39.5 Å². The lowest BCUT2D eigenvalue weighted by Gasteiger charge is -2.21. The zero-order valence-electron chi connectivity index (χ0n) is 59.3. The van der Waals surface area contributed by atoms with Crippen LogP contribution in [0.1, 0.15) is 363 Å². The number of rotatable bonds is 70. The molecular formula is C72H140O17P2. The van der Waals surface area contributed by atoms with Gasteiger partial charge in [-0.3, -0.25) is 37.3 Å². The number of hydrogen-bond acceptors (Lipinski definition) is 15. The summed E-state index contributed by atoms with van der Waals surface area (Å²) in [5.41, 5.74) is 0. The van der Waals surface area contributed by atoms with Crippen LogP contribution in [-0.2, 0) is 65.4 Å². The van der Waals surface area contributed by atoms with Crippen LogP contribution in [0, 0.1) is 17.8 Å². The molecule has 0 aliphatic heterocycles. The fourth-order valence-electron chi connectivity index (χ4n) is 10.9. The highest BCUT2D eigenvalue weighted by Crippen LogP contribution is 2.45. The first-order chi connectivity index (χ1) is 43.7. The van der Waals surface area contributed by atoms with Crippen LogP contribution in [0.3, 0.4) is 0 Å². The second-order valence-corrected chi connectivity index (χ2v) is 30.3. The maximum Gasteiger partial charge on any atom is 0.472 e. The molecule has 91 heavy (non-hydrogen) atoms. The van der Waals surface area contributed by atoms with Crippen LogP contribution in [0.5, 0.6) is 0 Å². The topological polar surface area (TPSA) is 237 Å². The summed E-state index contributed by atoms with van der Waals surface area (Å²) in [6.07, 6.45) is 47.3. The molecule has 0 saturated heterocycles. The summed E-state index contributed by atoms with van der Waals surface area (Å²) in [5.74, 6) is 0.0838. The van der Waals surface area contributed by atoms with Crippen molar-refractivity contribution < 1.29 is 80.2 Å². The highest BCUT2D eigenvalue weighted by atomic mass is 31.2. The summed E-state index contributed by atoms with van der Waals surface area (Å²) in [7, 11) is -9.90. The van der Waals surface area contributed by atoms with Crippen LogP contribution in [0.25, 0.3) is 0 Å². The Balaban J connectivity index is 5.25. The van der Waals surface area contributed by atoms with Crippen molar-refractivity contribution in [1.29, 1.82) is 0 Å². The summed E-state index contributed by atoms with van der Waals surface area (Å²) in [6, 6.07) is 0. The minimum atomic E-state index is -4.95. The summed E-state index contributed by atoms with van der Waals surface area (Å²) in [4.78, 5) is 72.6. The molecule has 540 valence electrons. The Hall–Kier alpha value is -1.94. The van der Waals surface area contributed by atoms with Gasteiger partial charge in [0.25, 0.3) is 0 Å². The fourth-order valence-corrected chi connectivity index (χ4v) is 12.5. The monoisotopic (exact) mass is 1340 g/mol. The molecule has 0 spiro atoms. The number of phosphoric acid groups is 2. The standard InChI is InChI=1S/C72H140O17P2/c1-8-9-10-11-12-13-14-15-16-20-26-31-39-46-53-69(74)82-59-67(88-71(76)55-48-41-32-27-21-18-17-19-24-29-36-43-50-63(2)3)61-86-90(78,79)84-57-66(73)58-85-91(80,81)87-62-68(60-83-70(75)54-47-40-35-34-38-45-52-65(6)7)89-72(77)56-49-42-33-28-23-22-25-30-37-44-51-64(4)5/h63-68,73H,8-62H2,1-7H3,(H,78,79)(H,80,81)/t66-,67-,68-/m1/s1. The Labute approximate surface area is 556 Å². The zero-order valence-corrected chi connectivity index (χ0v) is 61.1. The highest BCUT2D eigenvalue weighted by molar-refractivity contribution is 7.47. The van der Waals surface area contributed by atoms with Crippen LogP contribution in [0.15, 0.2) is 0 Å². The van der Waals surface area contributed by atoms with Crippen molar-refractivity contribution >= 4 is 39.5 Å². The molecule has 19 heteroatoms. The van der Waals surface area contributed by atoms with E-state index in [1.54, 1.807) is 0 Å². The van der Waals surface area contributed by atoms with Gasteiger partial charge in [-0.1, -0.05) is 312 Å². The van der Waals surface area contributed by atoms with Crippen molar-refractivity contribution in [1.82, 2.24) is 0 Å². The number of carbonyl (C=O) groups excluding carboxylic acids is 4. The van der Waals surface area contributed by atoms with Crippen molar-refractivity contribution in [2.75, 3.05) is 39.6 Å². The van der Waals surface area contributed by atoms with Crippen molar-refractivity contribution in [3.05, 3.63) is 0 Å². The Morgan fingerprint density at radius 3 is 0.747 bits per heavy atom. The second kappa shape index (κ2) is 62.8. The third-order valence-electron chi connectivity index (χ3n) is 16.6. The Kier molecular flexibility index (Phi) is 61.5. The number of aliphatic hydroxyl groups is 1. The molecule has 0 rings (SSSR count). The normalized spacial score (nSPS) is 14.2. The molecule has 5 atom stereocenters. The number of ether oxygens (including phenoxy) is 4. The lowest BCUT2D eigenvalue weighted by atomic mass is 10.0. The fraction of sp³-hybridized carbons (Fsp3) is 0.944. The third kappa shape index (κ3) is 66.5. The van der Waals surface area contributed by atoms with Gasteiger partial charge < -0.3 is 33.8 Å². The molecule has 0 aromatic rings. The molecule has 17 nitrogen and oxygen atoms in total. The lowest BCUT2D eigenvalue weighted by Crippen LogP contribution is -2.30. The van der Waals surface area contributed by atoms with E-state index >= 15 is 0 Å². The largest absolute Gasteiger partial charge is 0.472 e. The molecule has 0 saturated carbocycles. The molecule has 0 aliphatic rings. The van der Waals surface area contributed by atoms with Crippen LogP contribution < -0.4 is 0 Å². The van der Waals surface area contributed by atoms with E-state index in [4.69, 9.17) is 37.0 Å². The first-order valence-corrected chi connectivity index (χ1v) is 40.3. The number of unbranched alkanes of at least 4 members (excludes halogenated alkanes) is 38. The third-order valence-corrected chi connectivity index (χ3v) is 18.5. The highest BCUT2D eigenvalue weighted by Gasteiger charge is 2.30. The second-order valence-electron chi connectivity index (χ2n) is 27.4. The molecule has 0 bridgehead atoms. The number of hydrogen-bond donors (Lipinski definition) is 3. The van der Waals surface area contributed by atoms with E-state index in [-0.39, 0.29) is 25.7 Å². The summed E-state index contributed by atoms with van der Waals surface area (Å²) in [6.45, 7) is 11.8.